The molecule has 0 spiro atoms. The van der Waals surface area contributed by atoms with Crippen LogP contribution in [0.3, 0.4) is 0 Å². The summed E-state index contributed by atoms with van der Waals surface area (Å²) in [6.07, 6.45) is 0.698. The molecule has 3 nitrogen and oxygen atoms in total. The van der Waals surface area contributed by atoms with Gasteiger partial charge in [-0.3, -0.25) is 4.79 Å². The van der Waals surface area contributed by atoms with Crippen LogP contribution in [0.4, 0.5) is 5.69 Å². The van der Waals surface area contributed by atoms with Crippen molar-refractivity contribution in [3.8, 4) is 0 Å². The minimum atomic E-state index is -0.187. The zero-order valence-corrected chi connectivity index (χ0v) is 9.48. The van der Waals surface area contributed by atoms with Crippen LogP contribution in [0.15, 0.2) is 18.2 Å². The fourth-order valence-electron chi connectivity index (χ4n) is 1.05. The highest BCUT2D eigenvalue weighted by Crippen LogP contribution is 2.25. The topological polar surface area (TPSA) is 49.3 Å². The van der Waals surface area contributed by atoms with Gasteiger partial charge in [0.25, 0.3) is 0 Å². The largest absolute Gasteiger partial charge is 0.396 e. The molecule has 82 valence electrons. The van der Waals surface area contributed by atoms with E-state index in [2.05, 4.69) is 5.32 Å². The molecule has 0 fully saturated rings. The van der Waals surface area contributed by atoms with E-state index >= 15 is 0 Å². The van der Waals surface area contributed by atoms with E-state index in [1.807, 2.05) is 0 Å². The SMILES string of the molecule is O=C(CCCO)Nc1cc(Cl)ccc1Cl. The summed E-state index contributed by atoms with van der Waals surface area (Å²) in [4.78, 5) is 11.3. The van der Waals surface area contributed by atoms with E-state index in [-0.39, 0.29) is 18.9 Å². The monoisotopic (exact) mass is 247 g/mol. The fraction of sp³-hybridized carbons (Fsp3) is 0.300. The highest BCUT2D eigenvalue weighted by Gasteiger charge is 2.05. The third kappa shape index (κ3) is 4.08. The number of anilines is 1. The van der Waals surface area contributed by atoms with Crippen LogP contribution in [0.2, 0.25) is 10.0 Å². The molecule has 0 heterocycles. The molecule has 0 unspecified atom stereocenters. The van der Waals surface area contributed by atoms with E-state index in [1.54, 1.807) is 18.2 Å². The molecule has 0 atom stereocenters. The number of hydrogen-bond donors (Lipinski definition) is 2. The summed E-state index contributed by atoms with van der Waals surface area (Å²) in [5.41, 5.74) is 0.493. The van der Waals surface area contributed by atoms with Gasteiger partial charge in [0.05, 0.1) is 10.7 Å². The molecule has 0 saturated heterocycles. The Labute approximate surface area is 98.0 Å². The van der Waals surface area contributed by atoms with E-state index in [1.165, 1.54) is 0 Å². The Kier molecular flexibility index (Phi) is 4.88. The number of nitrogens with one attached hydrogen (secondary N) is 1. The highest BCUT2D eigenvalue weighted by molar-refractivity contribution is 6.35. The lowest BCUT2D eigenvalue weighted by Gasteiger charge is -2.06. The van der Waals surface area contributed by atoms with Crippen molar-refractivity contribution >= 4 is 34.8 Å². The summed E-state index contributed by atoms with van der Waals surface area (Å²) in [6.45, 7) is -0.00328. The predicted molar refractivity (Wildman–Crippen MR) is 61.4 cm³/mol. The van der Waals surface area contributed by atoms with Crippen molar-refractivity contribution in [1.82, 2.24) is 0 Å². The molecule has 1 aromatic rings. The number of benzene rings is 1. The zero-order chi connectivity index (χ0) is 11.3. The van der Waals surface area contributed by atoms with E-state index in [4.69, 9.17) is 28.3 Å². The highest BCUT2D eigenvalue weighted by atomic mass is 35.5. The Bertz CT molecular complexity index is 355. The first-order valence-corrected chi connectivity index (χ1v) is 5.25. The summed E-state index contributed by atoms with van der Waals surface area (Å²) in [7, 11) is 0. The number of carbonyl (C=O) groups excluding carboxylic acids is 1. The molecule has 0 bridgehead atoms. The second-order valence-electron chi connectivity index (χ2n) is 3.00. The normalized spacial score (nSPS) is 10.1. The maximum atomic E-state index is 11.3. The van der Waals surface area contributed by atoms with Crippen LogP contribution in [-0.2, 0) is 4.79 Å². The summed E-state index contributed by atoms with van der Waals surface area (Å²) in [5.74, 6) is -0.187. The van der Waals surface area contributed by atoms with Gasteiger partial charge in [-0.25, -0.2) is 0 Å². The van der Waals surface area contributed by atoms with Gasteiger partial charge >= 0.3 is 0 Å². The number of hydrogen-bond acceptors (Lipinski definition) is 2. The molecule has 0 saturated carbocycles. The Morgan fingerprint density at radius 3 is 2.80 bits per heavy atom. The van der Waals surface area contributed by atoms with Gasteiger partial charge < -0.3 is 10.4 Å². The summed E-state index contributed by atoms with van der Waals surface area (Å²) in [6, 6.07) is 4.85. The minimum Gasteiger partial charge on any atom is -0.396 e. The smallest absolute Gasteiger partial charge is 0.224 e. The summed E-state index contributed by atoms with van der Waals surface area (Å²) in [5, 5.41) is 12.1. The van der Waals surface area contributed by atoms with Crippen molar-refractivity contribution < 1.29 is 9.90 Å². The van der Waals surface area contributed by atoms with Gasteiger partial charge in [0, 0.05) is 18.1 Å². The van der Waals surface area contributed by atoms with Gasteiger partial charge in [-0.2, -0.15) is 0 Å². The lowest BCUT2D eigenvalue weighted by Crippen LogP contribution is -2.12. The van der Waals surface area contributed by atoms with E-state index < -0.39 is 0 Å². The zero-order valence-electron chi connectivity index (χ0n) is 7.96. The van der Waals surface area contributed by atoms with Crippen LogP contribution in [0, 0.1) is 0 Å². The van der Waals surface area contributed by atoms with Gasteiger partial charge in [0.2, 0.25) is 5.91 Å². The van der Waals surface area contributed by atoms with Gasteiger partial charge in [0.15, 0.2) is 0 Å². The van der Waals surface area contributed by atoms with E-state index in [0.29, 0.717) is 22.2 Å². The Balaban J connectivity index is 2.63. The maximum absolute atomic E-state index is 11.3. The first-order chi connectivity index (χ1) is 7.13. The quantitative estimate of drug-likeness (QED) is 0.860. The van der Waals surface area contributed by atoms with Gasteiger partial charge in [0.1, 0.15) is 0 Å². The van der Waals surface area contributed by atoms with Crippen molar-refractivity contribution in [2.45, 2.75) is 12.8 Å². The van der Waals surface area contributed by atoms with Gasteiger partial charge in [-0.1, -0.05) is 23.2 Å². The van der Waals surface area contributed by atoms with Gasteiger partial charge in [-0.15, -0.1) is 0 Å². The third-order valence-corrected chi connectivity index (χ3v) is 2.33. The molecular formula is C10H11Cl2NO2. The number of halogens is 2. The molecule has 15 heavy (non-hydrogen) atoms. The lowest BCUT2D eigenvalue weighted by molar-refractivity contribution is -0.116. The van der Waals surface area contributed by atoms with Crippen molar-refractivity contribution in [2.75, 3.05) is 11.9 Å². The molecule has 0 aliphatic rings. The molecule has 0 aliphatic carbocycles. The lowest BCUT2D eigenvalue weighted by atomic mass is 10.2. The number of amides is 1. The van der Waals surface area contributed by atoms with Crippen molar-refractivity contribution in [2.24, 2.45) is 0 Å². The second-order valence-corrected chi connectivity index (χ2v) is 3.84. The maximum Gasteiger partial charge on any atom is 0.224 e. The van der Waals surface area contributed by atoms with Crippen molar-refractivity contribution in [1.29, 1.82) is 0 Å². The van der Waals surface area contributed by atoms with Crippen LogP contribution in [0.5, 0.6) is 0 Å². The van der Waals surface area contributed by atoms with Crippen molar-refractivity contribution in [3.05, 3.63) is 28.2 Å². The standard InChI is InChI=1S/C10H11Cl2NO2/c11-7-3-4-8(12)9(6-7)13-10(15)2-1-5-14/h3-4,6,14H,1-2,5H2,(H,13,15). The molecule has 1 amide bonds. The fourth-order valence-corrected chi connectivity index (χ4v) is 1.38. The summed E-state index contributed by atoms with van der Waals surface area (Å²) < 4.78 is 0. The Morgan fingerprint density at radius 2 is 2.13 bits per heavy atom. The van der Waals surface area contributed by atoms with Gasteiger partial charge in [-0.05, 0) is 24.6 Å². The average molecular weight is 248 g/mol. The molecule has 0 aliphatic heterocycles. The van der Waals surface area contributed by atoms with Crippen LogP contribution in [0.1, 0.15) is 12.8 Å². The molecule has 0 radical (unpaired) electrons. The number of aliphatic hydroxyl groups is 1. The molecule has 5 heteroatoms. The first-order valence-electron chi connectivity index (χ1n) is 4.49. The molecule has 2 N–H and O–H groups in total. The van der Waals surface area contributed by atoms with E-state index in [9.17, 15) is 4.79 Å². The molecule has 1 rings (SSSR count). The Morgan fingerprint density at radius 1 is 1.40 bits per heavy atom. The van der Waals surface area contributed by atoms with E-state index in [0.717, 1.165) is 0 Å². The molecule has 1 aromatic carbocycles. The van der Waals surface area contributed by atoms with Crippen LogP contribution >= 0.6 is 23.2 Å². The van der Waals surface area contributed by atoms with Crippen LogP contribution in [0.25, 0.3) is 0 Å². The van der Waals surface area contributed by atoms with Crippen LogP contribution in [-0.4, -0.2) is 17.6 Å². The first kappa shape index (κ1) is 12.3. The number of aliphatic hydroxyl groups excluding tert-OH is 1. The Hall–Kier alpha value is -0.770. The number of rotatable bonds is 4. The summed E-state index contributed by atoms with van der Waals surface area (Å²) >= 11 is 11.6. The second kappa shape index (κ2) is 5.95. The predicted octanol–water partition coefficient (Wildman–Crippen LogP) is 2.70. The molecule has 0 aromatic heterocycles. The minimum absolute atomic E-state index is 0.00328. The van der Waals surface area contributed by atoms with Crippen molar-refractivity contribution in [3.63, 3.8) is 0 Å². The van der Waals surface area contributed by atoms with Crippen LogP contribution < -0.4 is 5.32 Å². The number of carbonyl (C=O) groups is 1. The average Bonchev–Trinajstić information content (AvgIpc) is 2.20. The molecular weight excluding hydrogens is 237 g/mol. The third-order valence-electron chi connectivity index (χ3n) is 1.76.